The van der Waals surface area contributed by atoms with Crippen LogP contribution in [0.15, 0.2) is 24.3 Å². The van der Waals surface area contributed by atoms with E-state index in [4.69, 9.17) is 4.74 Å². The zero-order chi connectivity index (χ0) is 15.6. The van der Waals surface area contributed by atoms with E-state index in [0.29, 0.717) is 6.54 Å². The van der Waals surface area contributed by atoms with Crippen molar-refractivity contribution in [3.05, 3.63) is 29.8 Å². The van der Waals surface area contributed by atoms with E-state index in [1.807, 2.05) is 24.3 Å². The molecular formula is C16H24N2O3S. The van der Waals surface area contributed by atoms with Crippen molar-refractivity contribution >= 4 is 10.2 Å². The fraction of sp³-hybridized carbons (Fsp3) is 0.625. The number of rotatable bonds is 5. The van der Waals surface area contributed by atoms with E-state index in [-0.39, 0.29) is 12.1 Å². The van der Waals surface area contributed by atoms with Gasteiger partial charge in [0.25, 0.3) is 10.2 Å². The topological polar surface area (TPSA) is 58.6 Å². The summed E-state index contributed by atoms with van der Waals surface area (Å²) in [7, 11) is -1.75. The van der Waals surface area contributed by atoms with Gasteiger partial charge in [-0.05, 0) is 24.5 Å². The number of hydrogen-bond acceptors (Lipinski definition) is 3. The third-order valence-corrected chi connectivity index (χ3v) is 6.26. The molecule has 1 aliphatic heterocycles. The number of hydrogen-bond donors (Lipinski definition) is 1. The lowest BCUT2D eigenvalue weighted by atomic mass is 9.96. The lowest BCUT2D eigenvalue weighted by Crippen LogP contribution is -2.47. The van der Waals surface area contributed by atoms with Crippen LogP contribution in [0.3, 0.4) is 0 Å². The van der Waals surface area contributed by atoms with E-state index in [0.717, 1.165) is 43.4 Å². The van der Waals surface area contributed by atoms with Crippen LogP contribution in [0.25, 0.3) is 0 Å². The third kappa shape index (κ3) is 3.45. The quantitative estimate of drug-likeness (QED) is 0.902. The molecule has 3 rings (SSSR count). The molecule has 0 unspecified atom stereocenters. The first-order valence-corrected chi connectivity index (χ1v) is 9.47. The number of benzene rings is 1. The summed E-state index contributed by atoms with van der Waals surface area (Å²) < 4.78 is 34.8. The molecule has 0 saturated heterocycles. The second kappa shape index (κ2) is 6.56. The van der Waals surface area contributed by atoms with Gasteiger partial charge >= 0.3 is 0 Å². The molecule has 0 aromatic heterocycles. The fourth-order valence-corrected chi connectivity index (χ4v) is 4.51. The molecule has 1 aliphatic carbocycles. The largest absolute Gasteiger partial charge is 0.488 e. The van der Waals surface area contributed by atoms with E-state index in [1.54, 1.807) is 7.05 Å². The summed E-state index contributed by atoms with van der Waals surface area (Å²) in [6.45, 7) is 0.314. The van der Waals surface area contributed by atoms with Gasteiger partial charge in [0, 0.05) is 26.1 Å². The Balaban J connectivity index is 1.54. The van der Waals surface area contributed by atoms with Crippen LogP contribution in [0, 0.1) is 0 Å². The summed E-state index contributed by atoms with van der Waals surface area (Å²) in [6, 6.07) is 8.00. The Kier molecular flexibility index (Phi) is 4.70. The highest BCUT2D eigenvalue weighted by Crippen LogP contribution is 2.28. The van der Waals surface area contributed by atoms with E-state index < -0.39 is 10.2 Å². The summed E-state index contributed by atoms with van der Waals surface area (Å²) in [5, 5.41) is 0. The minimum atomic E-state index is -3.43. The maximum Gasteiger partial charge on any atom is 0.279 e. The first kappa shape index (κ1) is 15.8. The smallest absolute Gasteiger partial charge is 0.279 e. The Morgan fingerprint density at radius 3 is 2.68 bits per heavy atom. The number of fused-ring (bicyclic) bond motifs is 1. The maximum atomic E-state index is 12.4. The van der Waals surface area contributed by atoms with Crippen LogP contribution in [0.2, 0.25) is 0 Å². The molecule has 2 aliphatic rings. The Labute approximate surface area is 132 Å². The van der Waals surface area contributed by atoms with Crippen molar-refractivity contribution in [1.82, 2.24) is 9.03 Å². The van der Waals surface area contributed by atoms with Gasteiger partial charge in [-0.25, -0.2) is 0 Å². The van der Waals surface area contributed by atoms with Crippen molar-refractivity contribution in [2.24, 2.45) is 0 Å². The molecule has 6 heteroatoms. The van der Waals surface area contributed by atoms with Crippen molar-refractivity contribution in [1.29, 1.82) is 0 Å². The molecule has 1 fully saturated rings. The van der Waals surface area contributed by atoms with Gasteiger partial charge in [0.05, 0.1) is 0 Å². The summed E-state index contributed by atoms with van der Waals surface area (Å²) >= 11 is 0. The molecule has 5 nitrogen and oxygen atoms in total. The van der Waals surface area contributed by atoms with Crippen molar-refractivity contribution in [3.63, 3.8) is 0 Å². The minimum absolute atomic E-state index is 0.119. The second-order valence-electron chi connectivity index (χ2n) is 6.21. The van der Waals surface area contributed by atoms with Gasteiger partial charge in [0.2, 0.25) is 0 Å². The number of nitrogens with one attached hydrogen (secondary N) is 1. The molecule has 1 heterocycles. The number of ether oxygens (including phenoxy) is 1. The molecule has 1 aromatic rings. The molecule has 1 N–H and O–H groups in total. The van der Waals surface area contributed by atoms with Gasteiger partial charge in [0.1, 0.15) is 11.9 Å². The molecule has 0 radical (unpaired) electrons. The lowest BCUT2D eigenvalue weighted by Gasteiger charge is -2.30. The van der Waals surface area contributed by atoms with Crippen LogP contribution in [-0.4, -0.2) is 38.5 Å². The van der Waals surface area contributed by atoms with Gasteiger partial charge in [-0.2, -0.15) is 17.4 Å². The Morgan fingerprint density at radius 1 is 1.23 bits per heavy atom. The molecule has 22 heavy (non-hydrogen) atoms. The van der Waals surface area contributed by atoms with Gasteiger partial charge in [-0.3, -0.25) is 0 Å². The van der Waals surface area contributed by atoms with Gasteiger partial charge < -0.3 is 4.74 Å². The van der Waals surface area contributed by atoms with Crippen molar-refractivity contribution < 1.29 is 13.2 Å². The van der Waals surface area contributed by atoms with E-state index in [2.05, 4.69) is 4.72 Å². The molecule has 122 valence electrons. The Morgan fingerprint density at radius 2 is 1.95 bits per heavy atom. The molecular weight excluding hydrogens is 300 g/mol. The highest BCUT2D eigenvalue weighted by atomic mass is 32.2. The number of para-hydroxylation sites is 1. The van der Waals surface area contributed by atoms with E-state index in [1.165, 1.54) is 10.7 Å². The third-order valence-electron chi connectivity index (χ3n) is 4.68. The zero-order valence-electron chi connectivity index (χ0n) is 13.0. The lowest BCUT2D eigenvalue weighted by molar-refractivity contribution is 0.232. The Bertz CT molecular complexity index is 587. The van der Waals surface area contributed by atoms with Gasteiger partial charge in [0.15, 0.2) is 0 Å². The Hall–Kier alpha value is -1.11. The highest BCUT2D eigenvalue weighted by Gasteiger charge is 2.29. The monoisotopic (exact) mass is 324 g/mol. The van der Waals surface area contributed by atoms with Crippen LogP contribution < -0.4 is 9.46 Å². The van der Waals surface area contributed by atoms with Crippen LogP contribution in [-0.2, 0) is 16.6 Å². The predicted octanol–water partition coefficient (Wildman–Crippen LogP) is 2.09. The van der Waals surface area contributed by atoms with E-state index >= 15 is 0 Å². The summed E-state index contributed by atoms with van der Waals surface area (Å²) in [4.78, 5) is 0. The summed E-state index contributed by atoms with van der Waals surface area (Å²) in [5.41, 5.74) is 1.15. The van der Waals surface area contributed by atoms with Gasteiger partial charge in [-0.1, -0.05) is 37.5 Å². The fourth-order valence-electron chi connectivity index (χ4n) is 3.31. The van der Waals surface area contributed by atoms with Crippen molar-refractivity contribution in [3.8, 4) is 5.75 Å². The summed E-state index contributed by atoms with van der Waals surface area (Å²) in [6.07, 6.45) is 6.01. The van der Waals surface area contributed by atoms with Crippen LogP contribution in [0.5, 0.6) is 5.75 Å². The first-order chi connectivity index (χ1) is 10.6. The molecule has 0 amide bonds. The predicted molar refractivity (Wildman–Crippen MR) is 86.1 cm³/mol. The first-order valence-electron chi connectivity index (χ1n) is 8.03. The molecule has 1 atom stereocenters. The molecule has 1 aromatic carbocycles. The van der Waals surface area contributed by atoms with Crippen LogP contribution in [0.1, 0.15) is 37.7 Å². The highest BCUT2D eigenvalue weighted by molar-refractivity contribution is 7.87. The van der Waals surface area contributed by atoms with Crippen molar-refractivity contribution in [2.75, 3.05) is 13.6 Å². The summed E-state index contributed by atoms with van der Waals surface area (Å²) in [5.74, 6) is 0.868. The molecule has 0 spiro atoms. The minimum Gasteiger partial charge on any atom is -0.488 e. The maximum absolute atomic E-state index is 12.4. The van der Waals surface area contributed by atoms with Gasteiger partial charge in [-0.15, -0.1) is 0 Å². The SMILES string of the molecule is CN(C1CCCCC1)S(=O)(=O)NC[C@H]1Cc2ccccc2O1. The molecule has 0 bridgehead atoms. The molecule has 1 saturated carbocycles. The second-order valence-corrected chi connectivity index (χ2v) is 8.03. The number of nitrogens with zero attached hydrogens (tertiary/aromatic N) is 1. The van der Waals surface area contributed by atoms with Crippen LogP contribution >= 0.6 is 0 Å². The zero-order valence-corrected chi connectivity index (χ0v) is 13.8. The normalized spacial score (nSPS) is 22.5. The van der Waals surface area contributed by atoms with Crippen molar-refractivity contribution in [2.45, 2.75) is 50.7 Å². The van der Waals surface area contributed by atoms with Crippen LogP contribution in [0.4, 0.5) is 0 Å². The van der Waals surface area contributed by atoms with E-state index in [9.17, 15) is 8.42 Å². The average molecular weight is 324 g/mol. The standard InChI is InChI=1S/C16H24N2O3S/c1-18(14-8-3-2-4-9-14)22(19,20)17-12-15-11-13-7-5-6-10-16(13)21-15/h5-7,10,14-15,17H,2-4,8-9,11-12H2,1H3/t15-/m1/s1. The average Bonchev–Trinajstić information content (AvgIpc) is 2.96.